The summed E-state index contributed by atoms with van der Waals surface area (Å²) in [6, 6.07) is 0. The van der Waals surface area contributed by atoms with E-state index in [2.05, 4.69) is 5.32 Å². The van der Waals surface area contributed by atoms with Gasteiger partial charge in [-0.1, -0.05) is 0 Å². The van der Waals surface area contributed by atoms with Crippen molar-refractivity contribution in [2.75, 3.05) is 13.1 Å². The van der Waals surface area contributed by atoms with E-state index in [-0.39, 0.29) is 25.0 Å². The Hall–Kier alpha value is 0.517. The number of nitrogens with one attached hydrogen (secondary N) is 1. The zero-order chi connectivity index (χ0) is 3.54. The van der Waals surface area contributed by atoms with E-state index in [4.69, 9.17) is 0 Å². The fourth-order valence-electron chi connectivity index (χ4n) is 0.625. The first-order chi connectivity index (χ1) is 2.50. The second-order valence-electron chi connectivity index (χ2n) is 1.46. The SMILES string of the molecule is C1CCNC1.[Li+].[NH2-]. The minimum atomic E-state index is 0. The summed E-state index contributed by atoms with van der Waals surface area (Å²) in [6.07, 6.45) is 2.78. The molecule has 1 fully saturated rings. The molecule has 0 aromatic rings. The molecule has 0 atom stereocenters. The van der Waals surface area contributed by atoms with Crippen molar-refractivity contribution < 1.29 is 18.9 Å². The van der Waals surface area contributed by atoms with E-state index in [9.17, 15) is 0 Å². The summed E-state index contributed by atoms with van der Waals surface area (Å²) in [5, 5.41) is 3.22. The molecule has 0 amide bonds. The molecular weight excluding hydrogens is 83.0 g/mol. The van der Waals surface area contributed by atoms with Gasteiger partial charge >= 0.3 is 18.9 Å². The Morgan fingerprint density at radius 2 is 1.43 bits per heavy atom. The molecule has 0 unspecified atom stereocenters. The van der Waals surface area contributed by atoms with Crippen molar-refractivity contribution in [3.05, 3.63) is 6.15 Å². The molecule has 1 saturated heterocycles. The molecule has 7 heavy (non-hydrogen) atoms. The van der Waals surface area contributed by atoms with Gasteiger partial charge in [0.15, 0.2) is 0 Å². The summed E-state index contributed by atoms with van der Waals surface area (Å²) >= 11 is 0. The van der Waals surface area contributed by atoms with Gasteiger partial charge in [0.2, 0.25) is 0 Å². The second-order valence-corrected chi connectivity index (χ2v) is 1.46. The van der Waals surface area contributed by atoms with E-state index in [0.717, 1.165) is 0 Å². The summed E-state index contributed by atoms with van der Waals surface area (Å²) in [4.78, 5) is 0. The van der Waals surface area contributed by atoms with Gasteiger partial charge in [0, 0.05) is 0 Å². The molecule has 1 aliphatic heterocycles. The maximum Gasteiger partial charge on any atom is 1.00 e. The van der Waals surface area contributed by atoms with E-state index in [1.807, 2.05) is 0 Å². The molecule has 0 bridgehead atoms. The van der Waals surface area contributed by atoms with E-state index in [1.165, 1.54) is 25.9 Å². The van der Waals surface area contributed by atoms with E-state index in [1.54, 1.807) is 0 Å². The monoisotopic (exact) mass is 94.1 g/mol. The van der Waals surface area contributed by atoms with Gasteiger partial charge in [-0.2, -0.15) is 0 Å². The summed E-state index contributed by atoms with van der Waals surface area (Å²) in [6.45, 7) is 2.50. The summed E-state index contributed by atoms with van der Waals surface area (Å²) in [5.74, 6) is 0. The maximum absolute atomic E-state index is 3.22. The Morgan fingerprint density at radius 3 is 1.57 bits per heavy atom. The van der Waals surface area contributed by atoms with Crippen LogP contribution in [0.1, 0.15) is 12.8 Å². The Kier molecular flexibility index (Phi) is 9.77. The molecular formula is C4H11LiN2. The minimum Gasteiger partial charge on any atom is -0.693 e. The zero-order valence-electron chi connectivity index (χ0n) is 4.91. The van der Waals surface area contributed by atoms with Gasteiger partial charge in [0.25, 0.3) is 0 Å². The predicted octanol–water partition coefficient (Wildman–Crippen LogP) is -1.91. The Bertz CT molecular complexity index is 21.3. The van der Waals surface area contributed by atoms with Gasteiger partial charge in [-0.25, -0.2) is 0 Å². The molecule has 0 spiro atoms. The Labute approximate surface area is 56.8 Å². The normalized spacial score (nSPS) is 17.1. The second kappa shape index (κ2) is 6.52. The zero-order valence-corrected chi connectivity index (χ0v) is 4.91. The predicted molar refractivity (Wildman–Crippen MR) is 27.4 cm³/mol. The number of nitrogens with two attached hydrogens (primary N) is 1. The molecule has 0 saturated carbocycles. The van der Waals surface area contributed by atoms with Crippen molar-refractivity contribution in [3.63, 3.8) is 0 Å². The fraction of sp³-hybridized carbons (Fsp3) is 1.00. The molecule has 3 heteroatoms. The first-order valence-corrected chi connectivity index (χ1v) is 2.21. The smallest absolute Gasteiger partial charge is 0.693 e. The van der Waals surface area contributed by atoms with E-state index < -0.39 is 0 Å². The molecule has 1 heterocycles. The standard InChI is InChI=1S/C4H9N.Li.H2N/c1-2-4-5-3-1;;/h5H,1-4H2;;1H2/q;+1;-1. The first kappa shape index (κ1) is 10.5. The van der Waals surface area contributed by atoms with Crippen LogP contribution in [0.2, 0.25) is 0 Å². The van der Waals surface area contributed by atoms with Gasteiger partial charge in [-0.05, 0) is 25.9 Å². The van der Waals surface area contributed by atoms with Crippen molar-refractivity contribution in [1.29, 1.82) is 0 Å². The van der Waals surface area contributed by atoms with Crippen LogP contribution in [0.3, 0.4) is 0 Å². The third-order valence-electron chi connectivity index (χ3n) is 0.957. The summed E-state index contributed by atoms with van der Waals surface area (Å²) in [5.41, 5.74) is 0. The van der Waals surface area contributed by atoms with Crippen LogP contribution in [0, 0.1) is 0 Å². The third-order valence-corrected chi connectivity index (χ3v) is 0.957. The molecule has 0 radical (unpaired) electrons. The molecule has 3 N–H and O–H groups in total. The van der Waals surface area contributed by atoms with Crippen molar-refractivity contribution in [1.82, 2.24) is 5.32 Å². The van der Waals surface area contributed by atoms with E-state index in [0.29, 0.717) is 0 Å². The fourth-order valence-corrected chi connectivity index (χ4v) is 0.625. The number of rotatable bonds is 0. The molecule has 0 aromatic heterocycles. The molecule has 1 rings (SSSR count). The Morgan fingerprint density at radius 1 is 1.00 bits per heavy atom. The summed E-state index contributed by atoms with van der Waals surface area (Å²) in [7, 11) is 0. The van der Waals surface area contributed by atoms with Gasteiger partial charge in [-0.3, -0.25) is 0 Å². The van der Waals surface area contributed by atoms with Crippen LogP contribution in [0.15, 0.2) is 0 Å². The van der Waals surface area contributed by atoms with Crippen LogP contribution in [-0.2, 0) is 0 Å². The van der Waals surface area contributed by atoms with Crippen LogP contribution >= 0.6 is 0 Å². The molecule has 2 nitrogen and oxygen atoms in total. The van der Waals surface area contributed by atoms with Crippen molar-refractivity contribution in [2.24, 2.45) is 0 Å². The van der Waals surface area contributed by atoms with Gasteiger partial charge in [-0.15, -0.1) is 0 Å². The van der Waals surface area contributed by atoms with Crippen molar-refractivity contribution >= 4 is 0 Å². The minimum absolute atomic E-state index is 0. The van der Waals surface area contributed by atoms with Crippen molar-refractivity contribution in [2.45, 2.75) is 12.8 Å². The maximum atomic E-state index is 3.22. The van der Waals surface area contributed by atoms with Crippen LogP contribution in [0.25, 0.3) is 6.15 Å². The Balaban J connectivity index is 0. The van der Waals surface area contributed by atoms with Crippen LogP contribution in [0.4, 0.5) is 0 Å². The summed E-state index contributed by atoms with van der Waals surface area (Å²) < 4.78 is 0. The van der Waals surface area contributed by atoms with Crippen LogP contribution in [0.5, 0.6) is 0 Å². The van der Waals surface area contributed by atoms with Crippen LogP contribution in [-0.4, -0.2) is 13.1 Å². The largest absolute Gasteiger partial charge is 1.00 e. The number of hydrogen-bond donors (Lipinski definition) is 1. The average Bonchev–Trinajstić information content (AvgIpc) is 1.76. The topological polar surface area (TPSA) is 45.5 Å². The third kappa shape index (κ3) is 4.37. The number of hydrogen-bond acceptors (Lipinski definition) is 1. The first-order valence-electron chi connectivity index (χ1n) is 2.21. The van der Waals surface area contributed by atoms with E-state index >= 15 is 0 Å². The van der Waals surface area contributed by atoms with Gasteiger partial charge < -0.3 is 11.5 Å². The van der Waals surface area contributed by atoms with Gasteiger partial charge in [0.1, 0.15) is 0 Å². The average molecular weight is 94.1 g/mol. The van der Waals surface area contributed by atoms with Gasteiger partial charge in [0.05, 0.1) is 0 Å². The molecule has 0 aromatic carbocycles. The van der Waals surface area contributed by atoms with Crippen molar-refractivity contribution in [3.8, 4) is 0 Å². The molecule has 0 aliphatic carbocycles. The quantitative estimate of drug-likeness (QED) is 0.350. The van der Waals surface area contributed by atoms with Crippen LogP contribution < -0.4 is 24.2 Å². The molecule has 38 valence electrons. The molecule has 1 aliphatic rings.